The molecule has 3 fully saturated rings. The van der Waals surface area contributed by atoms with Crippen LogP contribution in [0.3, 0.4) is 0 Å². The Labute approximate surface area is 613 Å². The summed E-state index contributed by atoms with van der Waals surface area (Å²) in [7, 11) is 1.28. The minimum Gasteiger partial charge on any atom is -0.480 e. The molecule has 6 N–H and O–H groups in total. The molecule has 6 aliphatic rings. The molecule has 12 rings (SSSR count). The number of methoxy groups -OCH3 is 1. The van der Waals surface area contributed by atoms with E-state index in [-0.39, 0.29) is 74.4 Å². The summed E-state index contributed by atoms with van der Waals surface area (Å²) in [5, 5.41) is 47.4. The zero-order chi connectivity index (χ0) is 72.0. The number of benzene rings is 3. The van der Waals surface area contributed by atoms with Gasteiger partial charge in [0.2, 0.25) is 0 Å². The molecule has 6 aromatic rings. The van der Waals surface area contributed by atoms with Gasteiger partial charge in [-0.1, -0.05) is 76.2 Å². The van der Waals surface area contributed by atoms with Crippen LogP contribution in [0.2, 0.25) is 25.1 Å². The van der Waals surface area contributed by atoms with E-state index in [4.69, 9.17) is 101 Å². The summed E-state index contributed by atoms with van der Waals surface area (Å²) in [4.78, 5) is 107. The number of carboxylic acids is 3. The smallest absolute Gasteiger partial charge is 0.338 e. The third kappa shape index (κ3) is 18.5. The molecular weight excluding hydrogens is 1480 g/mol. The topological polar surface area (TPSA) is 340 Å². The van der Waals surface area contributed by atoms with Crippen molar-refractivity contribution < 1.29 is 76.9 Å². The number of aliphatic carboxylic acids is 3. The summed E-state index contributed by atoms with van der Waals surface area (Å²) in [5.74, 6) is -4.05. The number of rotatable bonds is 20. The molecule has 3 aromatic heterocycles. The number of thiazole rings is 3. The summed E-state index contributed by atoms with van der Waals surface area (Å²) < 4.78 is 45.6. The number of carbonyl (C=O) groups is 6. The number of amidine groups is 3. The van der Waals surface area contributed by atoms with E-state index in [1.165, 1.54) is 53.3 Å². The molecule has 0 aliphatic carbocycles. The molecule has 9 heterocycles. The third-order valence-corrected chi connectivity index (χ3v) is 19.9. The van der Waals surface area contributed by atoms with Crippen molar-refractivity contribution >= 4 is 145 Å². The number of nitrogens with zero attached hydrogens (tertiary/aromatic N) is 9. The van der Waals surface area contributed by atoms with Crippen molar-refractivity contribution in [1.29, 1.82) is 0 Å². The van der Waals surface area contributed by atoms with Crippen LogP contribution in [0.1, 0.15) is 63.7 Å². The molecule has 3 aromatic carbocycles. The molecule has 0 spiro atoms. The highest BCUT2D eigenvalue weighted by molar-refractivity contribution is 7.12. The zero-order valence-corrected chi connectivity index (χ0v) is 60.0. The van der Waals surface area contributed by atoms with E-state index < -0.39 is 77.9 Å². The Bertz CT molecular complexity index is 4070. The Morgan fingerprint density at radius 2 is 0.842 bits per heavy atom. The number of esters is 3. The lowest BCUT2D eigenvalue weighted by molar-refractivity contribution is -0.150. The predicted molar refractivity (Wildman–Crippen MR) is 376 cm³/mol. The van der Waals surface area contributed by atoms with E-state index in [0.29, 0.717) is 126 Å². The number of halogens is 6. The van der Waals surface area contributed by atoms with Crippen LogP contribution in [-0.4, -0.2) is 216 Å². The van der Waals surface area contributed by atoms with Gasteiger partial charge in [0.25, 0.3) is 0 Å². The van der Waals surface area contributed by atoms with Crippen LogP contribution in [0.4, 0.5) is 4.39 Å². The number of hydrogen-bond acceptors (Lipinski definition) is 27. The Hall–Kier alpha value is -7.86. The Morgan fingerprint density at radius 1 is 0.515 bits per heavy atom. The highest BCUT2D eigenvalue weighted by Crippen LogP contribution is 2.41. The number of carbonyl (C=O) groups excluding carboxylic acids is 3. The van der Waals surface area contributed by atoms with E-state index in [2.05, 4.69) is 30.9 Å². The number of aliphatic imine (C=N–C) groups is 3. The second-order valence-corrected chi connectivity index (χ2v) is 27.1. The molecule has 3 saturated heterocycles. The van der Waals surface area contributed by atoms with Crippen LogP contribution in [0, 0.1) is 5.82 Å². The third-order valence-electron chi connectivity index (χ3n) is 16.1. The summed E-state index contributed by atoms with van der Waals surface area (Å²) in [6, 6.07) is 8.69. The summed E-state index contributed by atoms with van der Waals surface area (Å²) in [5.41, 5.74) is 3.55. The van der Waals surface area contributed by atoms with Gasteiger partial charge in [0, 0.05) is 133 Å². The van der Waals surface area contributed by atoms with Crippen LogP contribution < -0.4 is 16.0 Å². The first-order valence-corrected chi connectivity index (χ1v) is 35.5. The lowest BCUT2D eigenvalue weighted by Crippen LogP contribution is -2.52. The van der Waals surface area contributed by atoms with Crippen LogP contribution in [0.15, 0.2) is 138 Å². The Kier molecular flexibility index (Phi) is 26.5. The van der Waals surface area contributed by atoms with Gasteiger partial charge < -0.3 is 59.7 Å². The van der Waals surface area contributed by atoms with E-state index in [9.17, 15) is 48.5 Å². The maximum atomic E-state index is 13.8. The fraction of sp³-hybridized carbons (Fsp3) is 0.354. The van der Waals surface area contributed by atoms with E-state index in [1.807, 2.05) is 10.8 Å². The van der Waals surface area contributed by atoms with Gasteiger partial charge in [-0.05, 0) is 50.2 Å². The second-order valence-electron chi connectivity index (χ2n) is 22.3. The molecule has 6 atom stereocenters. The van der Waals surface area contributed by atoms with Crippen LogP contribution in [-0.2, 0) is 57.2 Å². The lowest BCUT2D eigenvalue weighted by Gasteiger charge is -2.35. The van der Waals surface area contributed by atoms with Gasteiger partial charge in [-0.3, -0.25) is 44.1 Å². The predicted octanol–water partition coefficient (Wildman–Crippen LogP) is 8.53. The average Bonchev–Trinajstić information content (AvgIpc) is 1.42. The summed E-state index contributed by atoms with van der Waals surface area (Å²) in [6.45, 7) is 6.41. The Balaban J connectivity index is 0.000000163. The van der Waals surface area contributed by atoms with Crippen molar-refractivity contribution in [2.45, 2.75) is 50.1 Å². The SMILES string of the molecule is CCOC(=O)C1=C(CN2CCOC[C@H]2C(=O)O)NC(c2nccs2)=NC1c1ccc(Cl)cc1Cl.CCOC(=O)C1=C(CN2CCOC[C@H]2C(=O)O)NC(c2nccs2)=NC1c1ccc(F)cc1Cl.COC(=O)C1=C(CN2CCOC[C@H]2C(=O)O)NC(c2nccs2)=NC1c1ccc(Cl)cc1Cl. The van der Waals surface area contributed by atoms with Gasteiger partial charge in [0.05, 0.1) is 76.7 Å². The van der Waals surface area contributed by atoms with Crippen LogP contribution in [0.25, 0.3) is 0 Å². The molecule has 36 heteroatoms. The van der Waals surface area contributed by atoms with Crippen molar-refractivity contribution in [2.75, 3.05) is 99.2 Å². The van der Waals surface area contributed by atoms with Crippen molar-refractivity contribution in [3.8, 4) is 0 Å². The number of morpholine rings is 3. The number of nitrogens with one attached hydrogen (secondary N) is 3. The van der Waals surface area contributed by atoms with Crippen molar-refractivity contribution in [2.24, 2.45) is 15.0 Å². The first-order chi connectivity index (χ1) is 48.7. The molecule has 0 amide bonds. The van der Waals surface area contributed by atoms with Gasteiger partial charge in [0.1, 0.15) is 42.1 Å². The molecule has 0 radical (unpaired) electrons. The Morgan fingerprint density at radius 3 is 1.13 bits per heavy atom. The molecule has 6 aliphatic heterocycles. The highest BCUT2D eigenvalue weighted by Gasteiger charge is 2.41. The van der Waals surface area contributed by atoms with Crippen LogP contribution >= 0.6 is 92.0 Å². The molecular formula is C65H64Cl5FN12O15S3. The van der Waals surface area contributed by atoms with Gasteiger partial charge in [-0.15, -0.1) is 34.0 Å². The largest absolute Gasteiger partial charge is 0.480 e. The number of hydrogen-bond donors (Lipinski definition) is 6. The van der Waals surface area contributed by atoms with Gasteiger partial charge in [-0.25, -0.2) is 33.7 Å². The van der Waals surface area contributed by atoms with Gasteiger partial charge >= 0.3 is 35.8 Å². The van der Waals surface area contributed by atoms with Crippen LogP contribution in [0.5, 0.6) is 0 Å². The van der Waals surface area contributed by atoms with E-state index >= 15 is 0 Å². The molecule has 27 nitrogen and oxygen atoms in total. The lowest BCUT2D eigenvalue weighted by atomic mass is 9.95. The molecule has 534 valence electrons. The second kappa shape index (κ2) is 35.4. The van der Waals surface area contributed by atoms with E-state index in [0.717, 1.165) is 6.07 Å². The quantitative estimate of drug-likeness (QED) is 0.0308. The zero-order valence-electron chi connectivity index (χ0n) is 53.8. The molecule has 0 saturated carbocycles. The number of carboxylic acid groups (broad SMARTS) is 3. The number of aromatic nitrogens is 3. The maximum absolute atomic E-state index is 13.8. The van der Waals surface area contributed by atoms with E-state index in [1.54, 1.807) is 88.9 Å². The van der Waals surface area contributed by atoms with Crippen molar-refractivity contribution in [3.05, 3.63) is 186 Å². The normalized spacial score (nSPS) is 21.2. The maximum Gasteiger partial charge on any atom is 0.338 e. The van der Waals surface area contributed by atoms with Crippen molar-refractivity contribution in [1.82, 2.24) is 45.6 Å². The highest BCUT2D eigenvalue weighted by atomic mass is 35.5. The fourth-order valence-electron chi connectivity index (χ4n) is 11.4. The summed E-state index contributed by atoms with van der Waals surface area (Å²) in [6.07, 6.45) is 4.92. The monoisotopic (exact) mass is 1540 g/mol. The number of ether oxygens (including phenoxy) is 6. The molecule has 3 unspecified atom stereocenters. The first-order valence-electron chi connectivity index (χ1n) is 31.0. The van der Waals surface area contributed by atoms with Gasteiger partial charge in [-0.2, -0.15) is 0 Å². The van der Waals surface area contributed by atoms with Crippen molar-refractivity contribution in [3.63, 3.8) is 0 Å². The minimum atomic E-state index is -1.03. The average molecular weight is 1550 g/mol. The first kappa shape index (κ1) is 75.8. The molecule has 101 heavy (non-hydrogen) atoms. The molecule has 0 bridgehead atoms. The van der Waals surface area contributed by atoms with Gasteiger partial charge in [0.15, 0.2) is 32.5 Å². The minimum absolute atomic E-state index is 0.0258. The fourth-order valence-corrected chi connectivity index (χ4v) is 14.4. The summed E-state index contributed by atoms with van der Waals surface area (Å²) >= 11 is 35.6. The standard InChI is InChI=1S/C22H22Cl2N4O5S.C22H22ClFN4O5S.C21H20Cl2N4O5S/c1-2-33-22(31)17-15(10-28-6-7-32-11-16(28)21(29)30)26-19(20-25-5-8-34-20)27-18(17)13-4-3-12(23)9-14(13)24;1-2-33-22(31)17-15(10-28-6-7-32-11-16(28)21(29)30)26-19(20-25-5-8-34-20)27-18(17)13-4-3-12(24)9-14(13)23;1-31-21(30)16-14(9-27-5-6-32-10-15(27)20(28)29)25-18(19-24-4-7-33-19)26-17(16)12-3-2-11(22)8-13(12)23/h2*3-5,8-9,16,18H,2,6-7,10-11H2,1H3,(H,26,27)(H,29,30);2-4,7-8,15,17H,5-6,9-10H2,1H3,(H,25,26)(H,28,29)/t2*16-,18?;15-,17?/m000/s1.